The van der Waals surface area contributed by atoms with Gasteiger partial charge < -0.3 is 15.4 Å². The van der Waals surface area contributed by atoms with Gasteiger partial charge in [0.2, 0.25) is 0 Å². The molecule has 2 N–H and O–H groups in total. The number of nitrogens with zero attached hydrogens (tertiary/aromatic N) is 3. The Morgan fingerprint density at radius 2 is 2.19 bits per heavy atom. The molecular weight excluding hydrogens is 360 g/mol. The van der Waals surface area contributed by atoms with E-state index in [1.165, 1.54) is 11.3 Å². The summed E-state index contributed by atoms with van der Waals surface area (Å²) in [7, 11) is 0. The topological polar surface area (TPSA) is 81.3 Å². The van der Waals surface area contributed by atoms with E-state index < -0.39 is 0 Å². The lowest BCUT2D eigenvalue weighted by Gasteiger charge is -2.26. The van der Waals surface area contributed by atoms with Gasteiger partial charge in [-0.25, -0.2) is 4.98 Å². The molecular formula is C20H22N4O2S. The molecule has 7 heteroatoms. The number of aryl methyl sites for hydroxylation is 1. The van der Waals surface area contributed by atoms with Crippen LogP contribution in [-0.4, -0.2) is 40.0 Å². The molecule has 2 aromatic heterocycles. The lowest BCUT2D eigenvalue weighted by molar-refractivity contribution is 0.0507. The molecule has 0 radical (unpaired) electrons. The monoisotopic (exact) mass is 382 g/mol. The second-order valence-electron chi connectivity index (χ2n) is 6.87. The van der Waals surface area contributed by atoms with Gasteiger partial charge in [0.05, 0.1) is 16.3 Å². The standard InChI is InChI=1S/C20H22N4O2S/c1-13-9-15(10-17-18(13)23-20(21)27-17)19(25)24(12-16-3-2-8-26-16)11-14-4-6-22-7-5-14/h4-7,9-10,16H,2-3,8,11-12H2,1H3,(H2,21,23). The van der Waals surface area contributed by atoms with E-state index >= 15 is 0 Å². The van der Waals surface area contributed by atoms with E-state index in [0.29, 0.717) is 23.8 Å². The Labute approximate surface area is 162 Å². The summed E-state index contributed by atoms with van der Waals surface area (Å²) in [5, 5.41) is 0.519. The highest BCUT2D eigenvalue weighted by Crippen LogP contribution is 2.28. The number of benzene rings is 1. The van der Waals surface area contributed by atoms with Gasteiger partial charge in [-0.1, -0.05) is 11.3 Å². The zero-order valence-corrected chi connectivity index (χ0v) is 16.0. The third-order valence-corrected chi connectivity index (χ3v) is 5.64. The van der Waals surface area contributed by atoms with Crippen LogP contribution in [0.2, 0.25) is 0 Å². The molecule has 4 rings (SSSR count). The lowest BCUT2D eigenvalue weighted by Crippen LogP contribution is -2.37. The van der Waals surface area contributed by atoms with Crippen LogP contribution < -0.4 is 5.73 Å². The van der Waals surface area contributed by atoms with Crippen molar-refractivity contribution >= 4 is 32.6 Å². The number of anilines is 1. The van der Waals surface area contributed by atoms with Crippen LogP contribution in [0.4, 0.5) is 5.13 Å². The number of rotatable bonds is 5. The normalized spacial score (nSPS) is 16.7. The molecule has 0 spiro atoms. The molecule has 1 aliphatic rings. The zero-order valence-electron chi connectivity index (χ0n) is 15.2. The van der Waals surface area contributed by atoms with Crippen molar-refractivity contribution in [3.05, 3.63) is 53.3 Å². The van der Waals surface area contributed by atoms with Crippen molar-refractivity contribution in [2.24, 2.45) is 0 Å². The smallest absolute Gasteiger partial charge is 0.254 e. The number of pyridine rings is 1. The molecule has 6 nitrogen and oxygen atoms in total. The van der Waals surface area contributed by atoms with Gasteiger partial charge in [-0.15, -0.1) is 0 Å². The number of nitrogens with two attached hydrogens (primary N) is 1. The summed E-state index contributed by atoms with van der Waals surface area (Å²) in [4.78, 5) is 23.6. The predicted molar refractivity (Wildman–Crippen MR) is 107 cm³/mol. The van der Waals surface area contributed by atoms with E-state index in [1.54, 1.807) is 12.4 Å². The Balaban J connectivity index is 1.64. The first-order chi connectivity index (χ1) is 13.1. The average molecular weight is 382 g/mol. The molecule has 1 aromatic carbocycles. The number of carbonyl (C=O) groups is 1. The van der Waals surface area contributed by atoms with Crippen LogP contribution in [0.25, 0.3) is 10.2 Å². The van der Waals surface area contributed by atoms with Crippen LogP contribution in [-0.2, 0) is 11.3 Å². The quantitative estimate of drug-likeness (QED) is 0.731. The Bertz CT molecular complexity index is 951. The first-order valence-corrected chi connectivity index (χ1v) is 9.88. The van der Waals surface area contributed by atoms with E-state index in [9.17, 15) is 4.79 Å². The SMILES string of the molecule is Cc1cc(C(=O)N(Cc2ccncc2)CC2CCCO2)cc2sc(N)nc12. The molecule has 1 fully saturated rings. The third kappa shape index (κ3) is 3.94. The van der Waals surface area contributed by atoms with Crippen LogP contribution in [0.1, 0.15) is 34.3 Å². The fourth-order valence-corrected chi connectivity index (χ4v) is 4.33. The first-order valence-electron chi connectivity index (χ1n) is 9.06. The molecule has 140 valence electrons. The minimum atomic E-state index is -0.000663. The van der Waals surface area contributed by atoms with Gasteiger partial charge in [0.25, 0.3) is 5.91 Å². The molecule has 0 aliphatic carbocycles. The molecule has 3 heterocycles. The molecule has 1 aliphatic heterocycles. The Morgan fingerprint density at radius 1 is 1.37 bits per heavy atom. The second-order valence-corrected chi connectivity index (χ2v) is 7.93. The number of ether oxygens (including phenoxy) is 1. The number of fused-ring (bicyclic) bond motifs is 1. The summed E-state index contributed by atoms with van der Waals surface area (Å²) < 4.78 is 6.72. The summed E-state index contributed by atoms with van der Waals surface area (Å²) in [6.45, 7) is 3.85. The van der Waals surface area contributed by atoms with E-state index in [2.05, 4.69) is 9.97 Å². The molecule has 27 heavy (non-hydrogen) atoms. The number of thiazole rings is 1. The molecule has 1 saturated heterocycles. The van der Waals surface area contributed by atoms with Crippen molar-refractivity contribution in [2.75, 3.05) is 18.9 Å². The van der Waals surface area contributed by atoms with Crippen molar-refractivity contribution in [3.63, 3.8) is 0 Å². The molecule has 0 bridgehead atoms. The van der Waals surface area contributed by atoms with Gasteiger partial charge in [-0.3, -0.25) is 9.78 Å². The minimum absolute atomic E-state index is 0.000663. The zero-order chi connectivity index (χ0) is 18.8. The maximum absolute atomic E-state index is 13.3. The number of aromatic nitrogens is 2. The number of hydrogen-bond donors (Lipinski definition) is 1. The number of amides is 1. The minimum Gasteiger partial charge on any atom is -0.376 e. The van der Waals surface area contributed by atoms with E-state index in [4.69, 9.17) is 10.5 Å². The van der Waals surface area contributed by atoms with Crippen LogP contribution in [0.5, 0.6) is 0 Å². The van der Waals surface area contributed by atoms with Crippen LogP contribution in [0.15, 0.2) is 36.7 Å². The predicted octanol–water partition coefficient (Wildman–Crippen LogP) is 3.40. The number of carbonyl (C=O) groups excluding carboxylic acids is 1. The second kappa shape index (κ2) is 7.62. The lowest BCUT2D eigenvalue weighted by atomic mass is 10.1. The van der Waals surface area contributed by atoms with Crippen LogP contribution in [0.3, 0.4) is 0 Å². The molecule has 1 unspecified atom stereocenters. The number of nitrogen functional groups attached to an aromatic ring is 1. The maximum atomic E-state index is 13.3. The van der Waals surface area contributed by atoms with Crippen LogP contribution >= 0.6 is 11.3 Å². The average Bonchev–Trinajstić information content (AvgIpc) is 3.30. The Hall–Kier alpha value is -2.51. The van der Waals surface area contributed by atoms with Gasteiger partial charge in [0.1, 0.15) is 0 Å². The summed E-state index contributed by atoms with van der Waals surface area (Å²) in [5.41, 5.74) is 9.39. The largest absolute Gasteiger partial charge is 0.376 e. The maximum Gasteiger partial charge on any atom is 0.254 e. The summed E-state index contributed by atoms with van der Waals surface area (Å²) >= 11 is 1.41. The molecule has 3 aromatic rings. The van der Waals surface area contributed by atoms with Gasteiger partial charge in [-0.2, -0.15) is 0 Å². The van der Waals surface area contributed by atoms with Gasteiger partial charge in [0.15, 0.2) is 5.13 Å². The highest BCUT2D eigenvalue weighted by Gasteiger charge is 2.24. The fourth-order valence-electron chi connectivity index (χ4n) is 3.48. The van der Waals surface area contributed by atoms with Crippen molar-refractivity contribution < 1.29 is 9.53 Å². The fraction of sp³-hybridized carbons (Fsp3) is 0.350. The Kier molecular flexibility index (Phi) is 5.05. The van der Waals surface area contributed by atoms with Crippen molar-refractivity contribution in [2.45, 2.75) is 32.4 Å². The van der Waals surface area contributed by atoms with Crippen molar-refractivity contribution in [1.82, 2.24) is 14.9 Å². The summed E-state index contributed by atoms with van der Waals surface area (Å²) in [5.74, 6) is -0.000663. The number of hydrogen-bond acceptors (Lipinski definition) is 6. The van der Waals surface area contributed by atoms with Gasteiger partial charge in [0, 0.05) is 37.7 Å². The van der Waals surface area contributed by atoms with E-state index in [0.717, 1.165) is 40.8 Å². The highest BCUT2D eigenvalue weighted by molar-refractivity contribution is 7.22. The summed E-state index contributed by atoms with van der Waals surface area (Å²) in [6.07, 6.45) is 5.64. The molecule has 1 atom stereocenters. The Morgan fingerprint density at radius 3 is 2.93 bits per heavy atom. The van der Waals surface area contributed by atoms with E-state index in [-0.39, 0.29) is 12.0 Å². The summed E-state index contributed by atoms with van der Waals surface area (Å²) in [6, 6.07) is 7.68. The van der Waals surface area contributed by atoms with Crippen molar-refractivity contribution in [1.29, 1.82) is 0 Å². The van der Waals surface area contributed by atoms with Gasteiger partial charge >= 0.3 is 0 Å². The molecule has 0 saturated carbocycles. The molecule has 1 amide bonds. The highest BCUT2D eigenvalue weighted by atomic mass is 32.1. The van der Waals surface area contributed by atoms with Gasteiger partial charge in [-0.05, 0) is 55.2 Å². The van der Waals surface area contributed by atoms with Crippen molar-refractivity contribution in [3.8, 4) is 0 Å². The third-order valence-electron chi connectivity index (χ3n) is 4.81. The first kappa shape index (κ1) is 17.9. The van der Waals surface area contributed by atoms with E-state index in [1.807, 2.05) is 36.1 Å². The van der Waals surface area contributed by atoms with Crippen LogP contribution in [0, 0.1) is 6.92 Å².